The number of halogens is 2. The first-order valence-electron chi connectivity index (χ1n) is 4.71. The highest BCUT2D eigenvalue weighted by Crippen LogP contribution is 2.34. The van der Waals surface area contributed by atoms with E-state index in [0.717, 1.165) is 0 Å². The second kappa shape index (κ2) is 3.75. The minimum Gasteiger partial charge on any atom is -0.508 e. The van der Waals surface area contributed by atoms with Crippen molar-refractivity contribution in [2.24, 2.45) is 0 Å². The molecule has 1 aromatic rings. The van der Waals surface area contributed by atoms with Crippen LogP contribution in [-0.2, 0) is 12.7 Å². The lowest BCUT2D eigenvalue weighted by atomic mass is 9.42. The largest absolute Gasteiger partial charge is 0.508 e. The number of benzene rings is 1. The van der Waals surface area contributed by atoms with Crippen LogP contribution < -0.4 is 0 Å². The molecule has 0 radical (unpaired) electrons. The minimum atomic E-state index is -0.458. The first-order chi connectivity index (χ1) is 7.13. The lowest BCUT2D eigenvalue weighted by molar-refractivity contribution is 0.465. The van der Waals surface area contributed by atoms with Crippen molar-refractivity contribution in [3.63, 3.8) is 0 Å². The number of fused-ring (bicyclic) bond motifs is 1. The van der Waals surface area contributed by atoms with Gasteiger partial charge in [-0.15, -0.1) is 0 Å². The monoisotopic (exact) mass is 223 g/mol. The maximum atomic E-state index is 13.6. The number of nitrogens with zero attached hydrogens (tertiary/aromatic N) is 1. The summed E-state index contributed by atoms with van der Waals surface area (Å²) in [6, 6.07) is 1.20. The highest BCUT2D eigenvalue weighted by atomic mass is 35.5. The molecule has 1 N–H and O–H groups in total. The SMILES string of the molecule is N#CB1CCc2c(F)c(Cl)cc(O)c2C1. The molecule has 0 spiro atoms. The molecule has 0 unspecified atom stereocenters. The Kier molecular flexibility index (Phi) is 2.58. The summed E-state index contributed by atoms with van der Waals surface area (Å²) in [4.78, 5) is 0. The average molecular weight is 223 g/mol. The maximum absolute atomic E-state index is 13.6. The smallest absolute Gasteiger partial charge is 0.272 e. The van der Waals surface area contributed by atoms with E-state index in [1.165, 1.54) is 6.07 Å². The van der Waals surface area contributed by atoms with Gasteiger partial charge in [0.15, 0.2) is 0 Å². The van der Waals surface area contributed by atoms with Crippen molar-refractivity contribution in [2.75, 3.05) is 0 Å². The van der Waals surface area contributed by atoms with Gasteiger partial charge in [0.05, 0.1) is 5.02 Å². The van der Waals surface area contributed by atoms with Crippen LogP contribution in [0.25, 0.3) is 0 Å². The van der Waals surface area contributed by atoms with Gasteiger partial charge in [-0.3, -0.25) is 0 Å². The highest BCUT2D eigenvalue weighted by Gasteiger charge is 2.27. The molecule has 0 saturated carbocycles. The normalized spacial score (nSPS) is 14.6. The molecule has 1 aromatic carbocycles. The van der Waals surface area contributed by atoms with E-state index in [9.17, 15) is 9.50 Å². The molecule has 1 aliphatic rings. The van der Waals surface area contributed by atoms with Crippen molar-refractivity contribution in [2.45, 2.75) is 19.1 Å². The van der Waals surface area contributed by atoms with Crippen molar-refractivity contribution in [3.05, 3.63) is 28.0 Å². The lowest BCUT2D eigenvalue weighted by Crippen LogP contribution is -2.22. The standard InChI is InChI=1S/C10H8BClFNO/c12-8-3-9(15)7-4-11(5-14)2-1-6(7)10(8)13/h3,15H,1-2,4H2. The Labute approximate surface area is 92.4 Å². The topological polar surface area (TPSA) is 44.0 Å². The summed E-state index contributed by atoms with van der Waals surface area (Å²) in [5.41, 5.74) is 1.00. The predicted molar refractivity (Wildman–Crippen MR) is 56.7 cm³/mol. The summed E-state index contributed by atoms with van der Waals surface area (Å²) >= 11 is 5.62. The van der Waals surface area contributed by atoms with Crippen molar-refractivity contribution in [3.8, 4) is 11.7 Å². The Balaban J connectivity index is 2.52. The van der Waals surface area contributed by atoms with Crippen LogP contribution in [0.5, 0.6) is 5.75 Å². The van der Waals surface area contributed by atoms with Crippen LogP contribution in [0, 0.1) is 17.0 Å². The van der Waals surface area contributed by atoms with Gasteiger partial charge >= 0.3 is 0 Å². The zero-order chi connectivity index (χ0) is 11.0. The van der Waals surface area contributed by atoms with E-state index in [2.05, 4.69) is 5.97 Å². The first kappa shape index (κ1) is 10.3. The molecule has 76 valence electrons. The van der Waals surface area contributed by atoms with E-state index in [1.54, 1.807) is 0 Å². The van der Waals surface area contributed by atoms with Gasteiger partial charge in [-0.25, -0.2) is 9.65 Å². The average Bonchev–Trinajstić information content (AvgIpc) is 2.25. The molecule has 0 atom stereocenters. The molecule has 0 fully saturated rings. The quantitative estimate of drug-likeness (QED) is 0.686. The van der Waals surface area contributed by atoms with Gasteiger partial charge in [0.1, 0.15) is 11.6 Å². The van der Waals surface area contributed by atoms with Gasteiger partial charge in [-0.2, -0.15) is 0 Å². The third kappa shape index (κ3) is 1.68. The Morgan fingerprint density at radius 3 is 2.93 bits per heavy atom. The lowest BCUT2D eigenvalue weighted by Gasteiger charge is -2.19. The number of hydrogen-bond acceptors (Lipinski definition) is 2. The van der Waals surface area contributed by atoms with Gasteiger partial charge in [-0.1, -0.05) is 17.9 Å². The van der Waals surface area contributed by atoms with Crippen LogP contribution in [0.15, 0.2) is 6.07 Å². The molecular weight excluding hydrogens is 215 g/mol. The van der Waals surface area contributed by atoms with E-state index in [1.807, 2.05) is 0 Å². The molecule has 15 heavy (non-hydrogen) atoms. The summed E-state index contributed by atoms with van der Waals surface area (Å²) in [7, 11) is 0. The molecule has 5 heteroatoms. The van der Waals surface area contributed by atoms with E-state index in [-0.39, 0.29) is 17.5 Å². The summed E-state index contributed by atoms with van der Waals surface area (Å²) in [5, 5.41) is 18.3. The molecule has 0 saturated heterocycles. The molecule has 1 aliphatic heterocycles. The van der Waals surface area contributed by atoms with E-state index in [4.69, 9.17) is 16.9 Å². The van der Waals surface area contributed by atoms with Gasteiger partial charge in [0.2, 0.25) is 0 Å². The molecule has 0 amide bonds. The van der Waals surface area contributed by atoms with Crippen LogP contribution in [-0.4, -0.2) is 11.8 Å². The summed E-state index contributed by atoms with van der Waals surface area (Å²) in [6.45, 7) is -0.135. The third-order valence-corrected chi connectivity index (χ3v) is 3.06. The predicted octanol–water partition coefficient (Wildman–Crippen LogP) is 2.38. The summed E-state index contributed by atoms with van der Waals surface area (Å²) < 4.78 is 13.6. The molecule has 0 aliphatic carbocycles. The number of nitriles is 1. The summed E-state index contributed by atoms with van der Waals surface area (Å²) in [5.74, 6) is 1.68. The van der Waals surface area contributed by atoms with Crippen molar-refractivity contribution in [1.82, 2.24) is 0 Å². The Hall–Kier alpha value is -1.21. The molecule has 2 rings (SSSR count). The zero-order valence-corrected chi connectivity index (χ0v) is 8.68. The highest BCUT2D eigenvalue weighted by molar-refractivity contribution is 6.66. The number of phenolic OH excluding ortho intramolecular Hbond substituents is 1. The van der Waals surface area contributed by atoms with Gasteiger partial charge in [-0.05, 0) is 23.9 Å². The fourth-order valence-electron chi connectivity index (χ4n) is 1.97. The second-order valence-corrected chi connectivity index (χ2v) is 4.12. The van der Waals surface area contributed by atoms with E-state index in [0.29, 0.717) is 30.2 Å². The first-order valence-corrected chi connectivity index (χ1v) is 5.09. The van der Waals surface area contributed by atoms with Gasteiger partial charge < -0.3 is 5.11 Å². The van der Waals surface area contributed by atoms with Crippen LogP contribution in [0.2, 0.25) is 11.3 Å². The van der Waals surface area contributed by atoms with Crippen LogP contribution in [0.1, 0.15) is 11.1 Å². The van der Waals surface area contributed by atoms with Crippen molar-refractivity contribution in [1.29, 1.82) is 5.26 Å². The number of hydrogen-bond donors (Lipinski definition) is 1. The van der Waals surface area contributed by atoms with E-state index < -0.39 is 5.82 Å². The van der Waals surface area contributed by atoms with Crippen molar-refractivity contribution >= 4 is 18.3 Å². The molecular formula is C10H8BClFNO. The number of phenols is 1. The van der Waals surface area contributed by atoms with E-state index >= 15 is 0 Å². The minimum absolute atomic E-state index is 0.00338. The summed E-state index contributed by atoms with van der Waals surface area (Å²) in [6.07, 6.45) is 1.50. The Morgan fingerprint density at radius 1 is 1.53 bits per heavy atom. The molecule has 1 heterocycles. The zero-order valence-electron chi connectivity index (χ0n) is 7.93. The Morgan fingerprint density at radius 2 is 2.27 bits per heavy atom. The maximum Gasteiger partial charge on any atom is 0.272 e. The second-order valence-electron chi connectivity index (χ2n) is 3.72. The number of rotatable bonds is 0. The fourth-order valence-corrected chi connectivity index (χ4v) is 2.18. The Bertz CT molecular complexity index is 458. The third-order valence-electron chi connectivity index (χ3n) is 2.79. The van der Waals surface area contributed by atoms with Crippen LogP contribution in [0.3, 0.4) is 0 Å². The molecule has 2 nitrogen and oxygen atoms in total. The number of aromatic hydroxyl groups is 1. The fraction of sp³-hybridized carbons (Fsp3) is 0.300. The van der Waals surface area contributed by atoms with Crippen molar-refractivity contribution < 1.29 is 9.50 Å². The molecule has 0 aromatic heterocycles. The van der Waals surface area contributed by atoms with Crippen LogP contribution >= 0.6 is 11.6 Å². The van der Waals surface area contributed by atoms with Crippen LogP contribution in [0.4, 0.5) is 4.39 Å². The molecule has 0 bridgehead atoms. The van der Waals surface area contributed by atoms with Gasteiger partial charge in [0.25, 0.3) is 6.71 Å². The van der Waals surface area contributed by atoms with Gasteiger partial charge in [0, 0.05) is 12.0 Å².